The molecule has 0 spiro atoms. The first-order chi connectivity index (χ1) is 5.26. The molecule has 0 aliphatic heterocycles. The van der Waals surface area contributed by atoms with Crippen LogP contribution in [0.2, 0.25) is 0 Å². The van der Waals surface area contributed by atoms with Crippen molar-refractivity contribution in [3.8, 4) is 0 Å². The van der Waals surface area contributed by atoms with Gasteiger partial charge in [0.25, 0.3) is 0 Å². The van der Waals surface area contributed by atoms with Crippen LogP contribution in [-0.2, 0) is 0 Å². The predicted octanol–water partition coefficient (Wildman–Crippen LogP) is 4.10. The second-order valence-electron chi connectivity index (χ2n) is 6.18. The fraction of sp³-hybridized carbons (Fsp3) is 1.00. The topological polar surface area (TPSA) is 0 Å². The van der Waals surface area contributed by atoms with Crippen molar-refractivity contribution in [1.29, 1.82) is 0 Å². The van der Waals surface area contributed by atoms with Crippen molar-refractivity contribution in [3.05, 3.63) is 0 Å². The summed E-state index contributed by atoms with van der Waals surface area (Å²) in [4.78, 5) is 0. The summed E-state index contributed by atoms with van der Waals surface area (Å²) in [5.74, 6) is 1.82. The Kier molecular flexibility index (Phi) is 2.31. The van der Waals surface area contributed by atoms with Crippen molar-refractivity contribution >= 4 is 0 Å². The van der Waals surface area contributed by atoms with Crippen molar-refractivity contribution < 1.29 is 0 Å². The summed E-state index contributed by atoms with van der Waals surface area (Å²) < 4.78 is 0. The largest absolute Gasteiger partial charge is 0.0625 e. The van der Waals surface area contributed by atoms with Crippen LogP contribution in [0.1, 0.15) is 54.4 Å². The van der Waals surface area contributed by atoms with Crippen LogP contribution in [0.5, 0.6) is 0 Å². The van der Waals surface area contributed by atoms with Gasteiger partial charge in [-0.15, -0.1) is 0 Å². The quantitative estimate of drug-likeness (QED) is 0.553. The van der Waals surface area contributed by atoms with Crippen LogP contribution in [0.25, 0.3) is 0 Å². The predicted molar refractivity (Wildman–Crippen MR) is 55.1 cm³/mol. The van der Waals surface area contributed by atoms with E-state index in [-0.39, 0.29) is 0 Å². The first kappa shape index (κ1) is 10.1. The maximum Gasteiger partial charge on any atom is -0.0300 e. The van der Waals surface area contributed by atoms with Gasteiger partial charge in [-0.2, -0.15) is 0 Å². The Bertz CT molecular complexity index is 147. The molecule has 0 radical (unpaired) electrons. The smallest absolute Gasteiger partial charge is 0.0300 e. The third kappa shape index (κ3) is 1.53. The number of rotatable bonds is 1. The summed E-state index contributed by atoms with van der Waals surface area (Å²) in [5, 5.41) is 0. The summed E-state index contributed by atoms with van der Waals surface area (Å²) in [6.07, 6.45) is 2.83. The molecule has 0 N–H and O–H groups in total. The molecule has 1 rings (SSSR count). The third-order valence-corrected chi connectivity index (χ3v) is 4.32. The molecule has 0 heterocycles. The summed E-state index contributed by atoms with van der Waals surface area (Å²) in [6, 6.07) is 0. The minimum Gasteiger partial charge on any atom is -0.0625 e. The lowest BCUT2D eigenvalue weighted by molar-refractivity contribution is 0.157. The van der Waals surface area contributed by atoms with Crippen LogP contribution in [-0.4, -0.2) is 0 Å². The molecule has 0 aromatic heterocycles. The van der Waals surface area contributed by atoms with E-state index in [0.29, 0.717) is 10.8 Å². The molecule has 0 amide bonds. The van der Waals surface area contributed by atoms with Crippen molar-refractivity contribution in [1.82, 2.24) is 0 Å². The van der Waals surface area contributed by atoms with Gasteiger partial charge in [-0.25, -0.2) is 0 Å². The lowest BCUT2D eigenvalue weighted by Crippen LogP contribution is -2.25. The summed E-state index contributed by atoms with van der Waals surface area (Å²) in [7, 11) is 0. The Morgan fingerprint density at radius 3 is 1.42 bits per heavy atom. The Morgan fingerprint density at radius 2 is 1.25 bits per heavy atom. The van der Waals surface area contributed by atoms with E-state index in [0.717, 1.165) is 11.8 Å². The second-order valence-corrected chi connectivity index (χ2v) is 6.18. The molecule has 0 aromatic rings. The number of hydrogen-bond donors (Lipinski definition) is 0. The molecule has 72 valence electrons. The molecule has 1 fully saturated rings. The van der Waals surface area contributed by atoms with Gasteiger partial charge in [0.15, 0.2) is 0 Å². The van der Waals surface area contributed by atoms with Crippen molar-refractivity contribution in [2.75, 3.05) is 0 Å². The van der Waals surface area contributed by atoms with E-state index < -0.39 is 0 Å². The zero-order valence-electron chi connectivity index (χ0n) is 9.57. The summed E-state index contributed by atoms with van der Waals surface area (Å²) in [6.45, 7) is 14.4. The average Bonchev–Trinajstić information content (AvgIpc) is 2.03. The van der Waals surface area contributed by atoms with Gasteiger partial charge >= 0.3 is 0 Å². The maximum atomic E-state index is 2.43. The molecule has 0 bridgehead atoms. The molecular weight excluding hydrogens is 144 g/mol. The highest BCUT2D eigenvalue weighted by Gasteiger charge is 2.46. The minimum atomic E-state index is 0.544. The molecule has 0 unspecified atom stereocenters. The maximum absolute atomic E-state index is 2.43. The monoisotopic (exact) mass is 168 g/mol. The summed E-state index contributed by atoms with van der Waals surface area (Å²) >= 11 is 0. The minimum absolute atomic E-state index is 0.544. The molecule has 0 atom stereocenters. The van der Waals surface area contributed by atoms with E-state index >= 15 is 0 Å². The normalized spacial score (nSPS) is 28.2. The van der Waals surface area contributed by atoms with Gasteiger partial charge in [0.05, 0.1) is 0 Å². The Morgan fingerprint density at radius 1 is 0.917 bits per heavy atom. The second kappa shape index (κ2) is 2.75. The molecule has 0 saturated heterocycles. The van der Waals surface area contributed by atoms with Gasteiger partial charge in [-0.05, 0) is 35.5 Å². The van der Waals surface area contributed by atoms with E-state index in [1.807, 2.05) is 0 Å². The van der Waals surface area contributed by atoms with Gasteiger partial charge in [0.2, 0.25) is 0 Å². The van der Waals surface area contributed by atoms with Crippen LogP contribution in [0, 0.1) is 22.7 Å². The van der Waals surface area contributed by atoms with E-state index in [1.54, 1.807) is 0 Å². The lowest BCUT2D eigenvalue weighted by Gasteiger charge is -2.34. The molecule has 1 saturated carbocycles. The molecule has 12 heavy (non-hydrogen) atoms. The summed E-state index contributed by atoms with van der Waals surface area (Å²) in [5.41, 5.74) is 1.09. The van der Waals surface area contributed by atoms with Gasteiger partial charge < -0.3 is 0 Å². The van der Waals surface area contributed by atoms with Gasteiger partial charge in [0, 0.05) is 0 Å². The zero-order chi connectivity index (χ0) is 9.57. The molecular formula is C12H24. The van der Waals surface area contributed by atoms with E-state index in [1.165, 1.54) is 12.8 Å². The highest BCUT2D eigenvalue weighted by atomic mass is 14.5. The fourth-order valence-corrected chi connectivity index (χ4v) is 2.41. The van der Waals surface area contributed by atoms with E-state index in [2.05, 4.69) is 41.5 Å². The lowest BCUT2D eigenvalue weighted by atomic mass is 9.71. The molecule has 0 aromatic carbocycles. The molecule has 0 heteroatoms. The van der Waals surface area contributed by atoms with Gasteiger partial charge in [0.1, 0.15) is 0 Å². The Hall–Kier alpha value is 0. The van der Waals surface area contributed by atoms with Crippen LogP contribution >= 0.6 is 0 Å². The van der Waals surface area contributed by atoms with Crippen LogP contribution < -0.4 is 0 Å². The zero-order valence-corrected chi connectivity index (χ0v) is 9.57. The molecule has 0 nitrogen and oxygen atoms in total. The van der Waals surface area contributed by atoms with Crippen molar-refractivity contribution in [2.45, 2.75) is 54.4 Å². The van der Waals surface area contributed by atoms with E-state index in [4.69, 9.17) is 0 Å². The SMILES string of the molecule is CC(C)C1CC(C)(C)C(C)(C)C1. The highest BCUT2D eigenvalue weighted by molar-refractivity contribution is 4.96. The fourth-order valence-electron chi connectivity index (χ4n) is 2.41. The van der Waals surface area contributed by atoms with Crippen LogP contribution in [0.15, 0.2) is 0 Å². The molecule has 1 aliphatic carbocycles. The average molecular weight is 168 g/mol. The van der Waals surface area contributed by atoms with Crippen molar-refractivity contribution in [2.24, 2.45) is 22.7 Å². The standard InChI is InChI=1S/C12H24/c1-9(2)10-7-11(3,4)12(5,6)8-10/h9-10H,7-8H2,1-6H3. The Labute approximate surface area is 77.7 Å². The first-order valence-electron chi connectivity index (χ1n) is 5.26. The van der Waals surface area contributed by atoms with Crippen LogP contribution in [0.3, 0.4) is 0 Å². The highest BCUT2D eigenvalue weighted by Crippen LogP contribution is 2.56. The third-order valence-electron chi connectivity index (χ3n) is 4.32. The van der Waals surface area contributed by atoms with Crippen molar-refractivity contribution in [3.63, 3.8) is 0 Å². The molecule has 1 aliphatic rings. The van der Waals surface area contributed by atoms with Gasteiger partial charge in [-0.1, -0.05) is 41.5 Å². The first-order valence-corrected chi connectivity index (χ1v) is 5.26. The van der Waals surface area contributed by atoms with Gasteiger partial charge in [-0.3, -0.25) is 0 Å². The number of hydrogen-bond acceptors (Lipinski definition) is 0. The van der Waals surface area contributed by atoms with Crippen LogP contribution in [0.4, 0.5) is 0 Å². The Balaban J connectivity index is 2.74. The van der Waals surface area contributed by atoms with E-state index in [9.17, 15) is 0 Å².